The van der Waals surface area contributed by atoms with Crippen molar-refractivity contribution in [3.63, 3.8) is 0 Å². The normalized spacial score (nSPS) is 26.4. The number of ketones is 1. The first-order chi connectivity index (χ1) is 17.3. The number of Topliss-reactive ketones (excluding diaryl/α,β-unsaturated/α-hetero) is 1. The standard InChI is InChI=1S/C27H36F2N2O5/c28-22-2-1-21(17-23(22)29)24(32)19-6-13-31(14-7-19)12-5-18-3-10-27(11-4-18,26(30)34)36-25(33)20-8-15-35-16-9-20/h1-2,17-20H,3-16H2,(H2,30,34). The Morgan fingerprint density at radius 3 is 2.25 bits per heavy atom. The van der Waals surface area contributed by atoms with Gasteiger partial charge in [0.05, 0.1) is 5.92 Å². The first-order valence-electron chi connectivity index (χ1n) is 13.1. The highest BCUT2D eigenvalue weighted by atomic mass is 19.2. The number of primary amides is 1. The maximum atomic E-state index is 13.5. The predicted molar refractivity (Wildman–Crippen MR) is 128 cm³/mol. The lowest BCUT2D eigenvalue weighted by atomic mass is 9.76. The monoisotopic (exact) mass is 506 g/mol. The number of likely N-dealkylation sites (tertiary alicyclic amines) is 1. The third kappa shape index (κ3) is 6.29. The van der Waals surface area contributed by atoms with Gasteiger partial charge in [-0.25, -0.2) is 8.78 Å². The lowest BCUT2D eigenvalue weighted by Crippen LogP contribution is -2.51. The molecule has 1 saturated carbocycles. The third-order valence-corrected chi connectivity index (χ3v) is 8.23. The van der Waals surface area contributed by atoms with Crippen LogP contribution in [0.15, 0.2) is 18.2 Å². The van der Waals surface area contributed by atoms with Gasteiger partial charge >= 0.3 is 5.97 Å². The molecule has 0 unspecified atom stereocenters. The Bertz CT molecular complexity index is 949. The van der Waals surface area contributed by atoms with Crippen LogP contribution in [0.25, 0.3) is 0 Å². The van der Waals surface area contributed by atoms with Crippen LogP contribution in [0.4, 0.5) is 8.78 Å². The van der Waals surface area contributed by atoms with E-state index >= 15 is 0 Å². The van der Waals surface area contributed by atoms with Gasteiger partial charge in [0.1, 0.15) is 0 Å². The number of rotatable bonds is 8. The molecule has 0 spiro atoms. The first kappa shape index (κ1) is 26.7. The Labute approximate surface area is 210 Å². The van der Waals surface area contributed by atoms with E-state index in [2.05, 4.69) is 4.90 Å². The molecule has 36 heavy (non-hydrogen) atoms. The number of halogens is 2. The molecule has 9 heteroatoms. The molecule has 1 aromatic carbocycles. The van der Waals surface area contributed by atoms with Crippen LogP contribution in [-0.4, -0.2) is 61.0 Å². The average Bonchev–Trinajstić information content (AvgIpc) is 2.90. The van der Waals surface area contributed by atoms with Crippen LogP contribution in [0.1, 0.15) is 68.1 Å². The molecular weight excluding hydrogens is 470 g/mol. The molecule has 1 aromatic rings. The van der Waals surface area contributed by atoms with Crippen molar-refractivity contribution in [3.05, 3.63) is 35.4 Å². The number of nitrogens with zero attached hydrogens (tertiary/aromatic N) is 1. The minimum absolute atomic E-state index is 0.126. The van der Waals surface area contributed by atoms with Crippen LogP contribution in [0.3, 0.4) is 0 Å². The predicted octanol–water partition coefficient (Wildman–Crippen LogP) is 3.63. The molecule has 1 aliphatic carbocycles. The lowest BCUT2D eigenvalue weighted by Gasteiger charge is -2.39. The van der Waals surface area contributed by atoms with Crippen LogP contribution in [0, 0.1) is 29.4 Å². The SMILES string of the molecule is NC(=O)C1(OC(=O)C2CCOCC2)CCC(CCN2CCC(C(=O)c3ccc(F)c(F)c3)CC2)CC1. The van der Waals surface area contributed by atoms with E-state index in [9.17, 15) is 23.2 Å². The minimum atomic E-state index is -1.20. The lowest BCUT2D eigenvalue weighted by molar-refractivity contribution is -0.178. The molecule has 2 heterocycles. The Morgan fingerprint density at radius 1 is 0.972 bits per heavy atom. The summed E-state index contributed by atoms with van der Waals surface area (Å²) < 4.78 is 37.7. The summed E-state index contributed by atoms with van der Waals surface area (Å²) in [6, 6.07) is 3.34. The number of amides is 1. The zero-order chi connectivity index (χ0) is 25.7. The van der Waals surface area contributed by atoms with Crippen LogP contribution in [-0.2, 0) is 19.1 Å². The van der Waals surface area contributed by atoms with Gasteiger partial charge in [0, 0.05) is 24.7 Å². The molecule has 2 saturated heterocycles. The van der Waals surface area contributed by atoms with Crippen molar-refractivity contribution in [2.45, 2.75) is 63.4 Å². The average molecular weight is 507 g/mol. The van der Waals surface area contributed by atoms with Gasteiger partial charge in [0.15, 0.2) is 23.0 Å². The summed E-state index contributed by atoms with van der Waals surface area (Å²) >= 11 is 0. The number of benzene rings is 1. The second kappa shape index (κ2) is 11.8. The molecule has 7 nitrogen and oxygen atoms in total. The topological polar surface area (TPSA) is 98.9 Å². The minimum Gasteiger partial charge on any atom is -0.449 e. The van der Waals surface area contributed by atoms with Crippen LogP contribution in [0.5, 0.6) is 0 Å². The number of carbonyl (C=O) groups is 3. The van der Waals surface area contributed by atoms with Gasteiger partial charge in [-0.15, -0.1) is 0 Å². The Balaban J connectivity index is 1.20. The van der Waals surface area contributed by atoms with Crippen molar-refractivity contribution in [1.82, 2.24) is 4.90 Å². The van der Waals surface area contributed by atoms with Gasteiger partial charge in [0.25, 0.3) is 5.91 Å². The van der Waals surface area contributed by atoms with E-state index in [-0.39, 0.29) is 29.2 Å². The van der Waals surface area contributed by atoms with Crippen LogP contribution < -0.4 is 5.73 Å². The first-order valence-corrected chi connectivity index (χ1v) is 13.1. The molecule has 0 bridgehead atoms. The number of esters is 1. The molecule has 1 amide bonds. The Morgan fingerprint density at radius 2 is 1.64 bits per heavy atom. The highest BCUT2D eigenvalue weighted by Gasteiger charge is 2.45. The van der Waals surface area contributed by atoms with Crippen molar-refractivity contribution in [1.29, 1.82) is 0 Å². The number of hydrogen-bond acceptors (Lipinski definition) is 6. The highest BCUT2D eigenvalue weighted by molar-refractivity contribution is 5.97. The van der Waals surface area contributed by atoms with Crippen molar-refractivity contribution in [2.75, 3.05) is 32.8 Å². The van der Waals surface area contributed by atoms with Crippen LogP contribution in [0.2, 0.25) is 0 Å². The number of ether oxygens (including phenoxy) is 2. The van der Waals surface area contributed by atoms with Crippen molar-refractivity contribution >= 4 is 17.7 Å². The summed E-state index contributed by atoms with van der Waals surface area (Å²) in [6.07, 6.45) is 6.01. The summed E-state index contributed by atoms with van der Waals surface area (Å²) in [5.74, 6) is -2.96. The maximum absolute atomic E-state index is 13.5. The fourth-order valence-corrected chi connectivity index (χ4v) is 5.71. The van der Waals surface area contributed by atoms with Crippen LogP contribution >= 0.6 is 0 Å². The zero-order valence-electron chi connectivity index (χ0n) is 20.7. The van der Waals surface area contributed by atoms with Crippen molar-refractivity contribution in [3.8, 4) is 0 Å². The van der Waals surface area contributed by atoms with E-state index < -0.39 is 23.1 Å². The van der Waals surface area contributed by atoms with E-state index in [4.69, 9.17) is 15.2 Å². The smallest absolute Gasteiger partial charge is 0.310 e. The number of carbonyl (C=O) groups excluding carboxylic acids is 3. The number of hydrogen-bond donors (Lipinski definition) is 1. The third-order valence-electron chi connectivity index (χ3n) is 8.23. The van der Waals surface area contributed by atoms with Gasteiger partial charge in [-0.2, -0.15) is 0 Å². The zero-order valence-corrected chi connectivity index (χ0v) is 20.7. The van der Waals surface area contributed by atoms with Gasteiger partial charge < -0.3 is 20.1 Å². The van der Waals surface area contributed by atoms with E-state index in [0.717, 1.165) is 51.0 Å². The Hall–Kier alpha value is -2.39. The number of nitrogens with two attached hydrogens (primary N) is 1. The fourth-order valence-electron chi connectivity index (χ4n) is 5.71. The summed E-state index contributed by atoms with van der Waals surface area (Å²) in [5, 5.41) is 0. The van der Waals surface area contributed by atoms with E-state index in [1.54, 1.807) is 0 Å². The molecule has 4 rings (SSSR count). The van der Waals surface area contributed by atoms with Crippen molar-refractivity contribution in [2.24, 2.45) is 23.5 Å². The molecule has 0 atom stereocenters. The summed E-state index contributed by atoms with van der Waals surface area (Å²) in [5.41, 5.74) is 4.72. The largest absolute Gasteiger partial charge is 0.449 e. The molecular formula is C27H36F2N2O5. The van der Waals surface area contributed by atoms with E-state index in [1.165, 1.54) is 6.07 Å². The summed E-state index contributed by atoms with van der Waals surface area (Å²) in [6.45, 7) is 3.51. The molecule has 2 aliphatic heterocycles. The molecule has 2 N–H and O–H groups in total. The molecule has 198 valence electrons. The quantitative estimate of drug-likeness (QED) is 0.427. The molecule has 0 radical (unpaired) electrons. The second-order valence-corrected chi connectivity index (χ2v) is 10.5. The summed E-state index contributed by atoms with van der Waals surface area (Å²) in [4.78, 5) is 39.9. The molecule has 3 fully saturated rings. The van der Waals surface area contributed by atoms with Crippen molar-refractivity contribution < 1.29 is 32.6 Å². The molecule has 0 aromatic heterocycles. The van der Waals surface area contributed by atoms with E-state index in [1.807, 2.05) is 0 Å². The van der Waals surface area contributed by atoms with E-state index in [0.29, 0.717) is 57.7 Å². The van der Waals surface area contributed by atoms with Gasteiger partial charge in [-0.3, -0.25) is 14.4 Å². The Kier molecular flexibility index (Phi) is 8.72. The van der Waals surface area contributed by atoms with Gasteiger partial charge in [0.2, 0.25) is 0 Å². The highest BCUT2D eigenvalue weighted by Crippen LogP contribution is 2.38. The van der Waals surface area contributed by atoms with Gasteiger partial charge in [-0.1, -0.05) is 0 Å². The summed E-state index contributed by atoms with van der Waals surface area (Å²) in [7, 11) is 0. The maximum Gasteiger partial charge on any atom is 0.310 e. The van der Waals surface area contributed by atoms with Gasteiger partial charge in [-0.05, 0) is 102 Å². The molecule has 3 aliphatic rings. The number of piperidine rings is 1. The second-order valence-electron chi connectivity index (χ2n) is 10.5. The fraction of sp³-hybridized carbons (Fsp3) is 0.667.